The lowest BCUT2D eigenvalue weighted by molar-refractivity contribution is 0.0593. The molecule has 0 bridgehead atoms. The van der Waals surface area contributed by atoms with Crippen LogP contribution in [0.1, 0.15) is 19.8 Å². The number of piperazine rings is 1. The minimum atomic E-state index is 0.288. The van der Waals surface area contributed by atoms with Gasteiger partial charge in [0.15, 0.2) is 0 Å². The van der Waals surface area contributed by atoms with Crippen LogP contribution in [0, 0.1) is 11.8 Å². The van der Waals surface area contributed by atoms with Gasteiger partial charge in [-0.1, -0.05) is 30.4 Å². The van der Waals surface area contributed by atoms with Gasteiger partial charge in [-0.05, 0) is 31.5 Å². The summed E-state index contributed by atoms with van der Waals surface area (Å²) in [6.45, 7) is 11.2. The number of nitrogens with zero attached hydrogens (tertiary/aromatic N) is 4. The first-order chi connectivity index (χ1) is 12.8. The number of likely N-dealkylation sites (N-methyl/N-ethyl adjacent to an activating group) is 1. The highest BCUT2D eigenvalue weighted by atomic mass is 35.5. The van der Waals surface area contributed by atoms with E-state index in [1.165, 1.54) is 0 Å². The Kier molecular flexibility index (Phi) is 7.57. The number of pyridine rings is 1. The van der Waals surface area contributed by atoms with Crippen LogP contribution in [-0.2, 0) is 4.74 Å². The van der Waals surface area contributed by atoms with E-state index in [-0.39, 0.29) is 6.10 Å². The number of aromatic nitrogens is 1. The van der Waals surface area contributed by atoms with Crippen molar-refractivity contribution < 1.29 is 4.74 Å². The number of hydrogen-bond acceptors (Lipinski definition) is 5. The fraction of sp³-hybridized carbons (Fsp3) is 0.650. The third-order valence-electron chi connectivity index (χ3n) is 5.21. The van der Waals surface area contributed by atoms with Crippen molar-refractivity contribution in [2.24, 2.45) is 0 Å². The summed E-state index contributed by atoms with van der Waals surface area (Å²) in [7, 11) is 0. The second-order valence-corrected chi connectivity index (χ2v) is 7.28. The lowest BCUT2D eigenvalue weighted by Gasteiger charge is -2.33. The van der Waals surface area contributed by atoms with Gasteiger partial charge in [0.25, 0.3) is 0 Å². The fourth-order valence-electron chi connectivity index (χ4n) is 3.49. The molecule has 0 unspecified atom stereocenters. The highest BCUT2D eigenvalue weighted by Crippen LogP contribution is 2.26. The van der Waals surface area contributed by atoms with Crippen LogP contribution in [0.5, 0.6) is 0 Å². The third kappa shape index (κ3) is 5.59. The predicted molar refractivity (Wildman–Crippen MR) is 107 cm³/mol. The monoisotopic (exact) mass is 376 g/mol. The number of rotatable bonds is 5. The Morgan fingerprint density at radius 3 is 2.54 bits per heavy atom. The topological polar surface area (TPSA) is 31.8 Å². The van der Waals surface area contributed by atoms with E-state index in [0.717, 1.165) is 76.0 Å². The zero-order chi connectivity index (χ0) is 18.2. The molecule has 0 saturated carbocycles. The third-order valence-corrected chi connectivity index (χ3v) is 5.51. The molecular weight excluding hydrogens is 348 g/mol. The van der Waals surface area contributed by atoms with E-state index in [0.29, 0.717) is 6.61 Å². The van der Waals surface area contributed by atoms with Gasteiger partial charge in [-0.25, -0.2) is 4.98 Å². The molecule has 0 N–H and O–H groups in total. The van der Waals surface area contributed by atoms with Crippen LogP contribution in [-0.4, -0.2) is 79.9 Å². The van der Waals surface area contributed by atoms with Gasteiger partial charge in [-0.3, -0.25) is 4.90 Å². The summed E-state index contributed by atoms with van der Waals surface area (Å²) in [5.41, 5.74) is 0. The normalized spacial score (nSPS) is 20.0. The van der Waals surface area contributed by atoms with Crippen molar-refractivity contribution in [1.29, 1.82) is 0 Å². The van der Waals surface area contributed by atoms with Crippen LogP contribution in [0.2, 0.25) is 5.02 Å². The second kappa shape index (κ2) is 10.1. The average molecular weight is 377 g/mol. The van der Waals surface area contributed by atoms with Gasteiger partial charge >= 0.3 is 0 Å². The summed E-state index contributed by atoms with van der Waals surface area (Å²) in [5, 5.41) is 0.720. The minimum Gasteiger partial charge on any atom is -0.365 e. The maximum Gasteiger partial charge on any atom is 0.147 e. The van der Waals surface area contributed by atoms with Crippen molar-refractivity contribution in [2.75, 3.05) is 63.9 Å². The first-order valence-corrected chi connectivity index (χ1v) is 10.0. The van der Waals surface area contributed by atoms with Gasteiger partial charge in [-0.15, -0.1) is 0 Å². The molecule has 2 aliphatic rings. The van der Waals surface area contributed by atoms with Gasteiger partial charge in [-0.2, -0.15) is 0 Å². The molecule has 0 radical (unpaired) electrons. The van der Waals surface area contributed by atoms with Crippen molar-refractivity contribution in [1.82, 2.24) is 14.8 Å². The van der Waals surface area contributed by atoms with Crippen molar-refractivity contribution in [3.05, 3.63) is 23.4 Å². The Morgan fingerprint density at radius 2 is 1.85 bits per heavy atom. The highest BCUT2D eigenvalue weighted by Gasteiger charge is 2.21. The van der Waals surface area contributed by atoms with Crippen molar-refractivity contribution >= 4 is 17.4 Å². The summed E-state index contributed by atoms with van der Waals surface area (Å²) in [6.07, 6.45) is 4.07. The first kappa shape index (κ1) is 19.4. The standard InChI is InChI=1S/C20H29ClN4O/c1-2-23-13-15-24(16-14-23)10-3-4-17-26-18-7-11-25(12-8-18)20-19(21)6-5-9-22-20/h5-6,9,18H,2,7-8,10-17H2,1H3. The molecule has 0 aromatic carbocycles. The van der Waals surface area contributed by atoms with Crippen LogP contribution in [0.25, 0.3) is 0 Å². The lowest BCUT2D eigenvalue weighted by Crippen LogP contribution is -2.46. The van der Waals surface area contributed by atoms with Crippen molar-refractivity contribution in [3.8, 4) is 11.8 Å². The van der Waals surface area contributed by atoms with E-state index in [2.05, 4.69) is 38.4 Å². The smallest absolute Gasteiger partial charge is 0.147 e. The minimum absolute atomic E-state index is 0.288. The number of ether oxygens (including phenoxy) is 1. The van der Waals surface area contributed by atoms with E-state index in [9.17, 15) is 0 Å². The largest absolute Gasteiger partial charge is 0.365 e. The molecule has 0 spiro atoms. The second-order valence-electron chi connectivity index (χ2n) is 6.87. The van der Waals surface area contributed by atoms with E-state index < -0.39 is 0 Å². The first-order valence-electron chi connectivity index (χ1n) is 9.63. The van der Waals surface area contributed by atoms with Gasteiger partial charge < -0.3 is 14.5 Å². The number of halogens is 1. The predicted octanol–water partition coefficient (Wildman–Crippen LogP) is 2.36. The van der Waals surface area contributed by atoms with Crippen LogP contribution in [0.3, 0.4) is 0 Å². The summed E-state index contributed by atoms with van der Waals surface area (Å²) in [4.78, 5) is 11.5. The fourth-order valence-corrected chi connectivity index (χ4v) is 3.73. The molecule has 0 atom stereocenters. The molecule has 0 amide bonds. The Balaban J connectivity index is 1.32. The zero-order valence-electron chi connectivity index (χ0n) is 15.7. The Labute approximate surface area is 162 Å². The molecule has 3 heterocycles. The zero-order valence-corrected chi connectivity index (χ0v) is 16.4. The molecule has 5 nitrogen and oxygen atoms in total. The van der Waals surface area contributed by atoms with Crippen LogP contribution >= 0.6 is 11.6 Å². The van der Waals surface area contributed by atoms with Gasteiger partial charge in [0.2, 0.25) is 0 Å². The Morgan fingerprint density at radius 1 is 1.12 bits per heavy atom. The molecule has 3 rings (SSSR count). The molecule has 2 aliphatic heterocycles. The van der Waals surface area contributed by atoms with Crippen LogP contribution in [0.4, 0.5) is 5.82 Å². The number of anilines is 1. The van der Waals surface area contributed by atoms with Gasteiger partial charge in [0.05, 0.1) is 17.7 Å². The van der Waals surface area contributed by atoms with Crippen molar-refractivity contribution in [3.63, 3.8) is 0 Å². The summed E-state index contributed by atoms with van der Waals surface area (Å²) < 4.78 is 5.94. The summed E-state index contributed by atoms with van der Waals surface area (Å²) in [6, 6.07) is 3.76. The quantitative estimate of drug-likeness (QED) is 0.736. The average Bonchev–Trinajstić information content (AvgIpc) is 2.69. The van der Waals surface area contributed by atoms with Gasteiger partial charge in [0, 0.05) is 45.5 Å². The molecule has 26 heavy (non-hydrogen) atoms. The molecule has 1 aromatic rings. The Hall–Kier alpha value is -1.32. The van der Waals surface area contributed by atoms with E-state index in [4.69, 9.17) is 16.3 Å². The summed E-state index contributed by atoms with van der Waals surface area (Å²) >= 11 is 6.23. The maximum atomic E-state index is 6.23. The molecular formula is C20H29ClN4O. The highest BCUT2D eigenvalue weighted by molar-refractivity contribution is 6.32. The number of piperidine rings is 1. The van der Waals surface area contributed by atoms with E-state index >= 15 is 0 Å². The molecule has 6 heteroatoms. The van der Waals surface area contributed by atoms with Crippen LogP contribution < -0.4 is 4.90 Å². The summed E-state index contributed by atoms with van der Waals surface area (Å²) in [5.74, 6) is 7.33. The van der Waals surface area contributed by atoms with Crippen molar-refractivity contribution in [2.45, 2.75) is 25.9 Å². The lowest BCUT2D eigenvalue weighted by atomic mass is 10.1. The number of hydrogen-bond donors (Lipinski definition) is 0. The molecule has 2 saturated heterocycles. The molecule has 2 fully saturated rings. The maximum absolute atomic E-state index is 6.23. The molecule has 0 aliphatic carbocycles. The van der Waals surface area contributed by atoms with Crippen LogP contribution in [0.15, 0.2) is 18.3 Å². The SMILES string of the molecule is CCN1CCN(CC#CCOC2CCN(c3ncccc3Cl)CC2)CC1. The Bertz CT molecular complexity index is 614. The molecule has 142 valence electrons. The van der Waals surface area contributed by atoms with Gasteiger partial charge in [0.1, 0.15) is 12.4 Å². The van der Waals surface area contributed by atoms with E-state index in [1.807, 2.05) is 12.1 Å². The molecule has 1 aromatic heterocycles. The van der Waals surface area contributed by atoms with E-state index in [1.54, 1.807) is 6.20 Å².